The Morgan fingerprint density at radius 2 is 2.29 bits per heavy atom. The molecule has 0 aliphatic carbocycles. The molecule has 5 N–H and O–H groups in total. The van der Waals surface area contributed by atoms with Crippen LogP contribution in [0.5, 0.6) is 0 Å². The van der Waals surface area contributed by atoms with Crippen molar-refractivity contribution >= 4 is 11.8 Å². The zero-order chi connectivity index (χ0) is 10.4. The molecule has 1 unspecified atom stereocenters. The average Bonchev–Trinajstić information content (AvgIpc) is 2.17. The summed E-state index contributed by atoms with van der Waals surface area (Å²) in [4.78, 5) is 0. The van der Waals surface area contributed by atoms with Crippen LogP contribution >= 0.6 is 0 Å². The number of nitrogen functional groups attached to an aromatic ring is 1. The Morgan fingerprint density at radius 3 is 2.93 bits per heavy atom. The lowest BCUT2D eigenvalue weighted by atomic mass is 10.2. The Balaban J connectivity index is 2.51. The lowest BCUT2D eigenvalue weighted by Crippen LogP contribution is -2.33. The predicted octanol–water partition coefficient (Wildman–Crippen LogP) is 1.18. The fourth-order valence-electron chi connectivity index (χ4n) is 1.13. The third-order valence-electron chi connectivity index (χ3n) is 1.98. The molecule has 1 atom stereocenters. The predicted molar refractivity (Wildman–Crippen MR) is 61.5 cm³/mol. The Morgan fingerprint density at radius 1 is 1.50 bits per heavy atom. The molecule has 0 saturated heterocycles. The molecule has 3 nitrogen and oxygen atoms in total. The smallest absolute Gasteiger partial charge is 0.0579 e. The van der Waals surface area contributed by atoms with Crippen LogP contribution in [0.25, 0.3) is 6.08 Å². The normalized spacial score (nSPS) is 13.3. The molecule has 0 aliphatic heterocycles. The topological polar surface area (TPSA) is 64.1 Å². The summed E-state index contributed by atoms with van der Waals surface area (Å²) in [7, 11) is 1.85. The summed E-state index contributed by atoms with van der Waals surface area (Å²) < 4.78 is 0. The summed E-state index contributed by atoms with van der Waals surface area (Å²) in [5.41, 5.74) is 13.2. The van der Waals surface area contributed by atoms with Gasteiger partial charge in [0.25, 0.3) is 0 Å². The summed E-state index contributed by atoms with van der Waals surface area (Å²) in [6, 6.07) is 7.75. The van der Waals surface area contributed by atoms with E-state index in [2.05, 4.69) is 5.32 Å². The van der Waals surface area contributed by atoms with E-state index in [0.29, 0.717) is 0 Å². The molecular formula is C11H17N3. The largest absolute Gasteiger partial charge is 0.399 e. The standard InChI is InChI=1S/C11H17N3/c1-14-11(13)7-3-5-9-4-2-6-10(12)8-9/h2-6,8,11,14H,7,12-13H2,1H3. The maximum Gasteiger partial charge on any atom is 0.0579 e. The van der Waals surface area contributed by atoms with Crippen LogP contribution in [0.15, 0.2) is 30.3 Å². The first kappa shape index (κ1) is 10.8. The van der Waals surface area contributed by atoms with Crippen LogP contribution in [-0.4, -0.2) is 13.2 Å². The molecule has 0 bridgehead atoms. The molecule has 0 fully saturated rings. The van der Waals surface area contributed by atoms with Crippen molar-refractivity contribution < 1.29 is 0 Å². The van der Waals surface area contributed by atoms with Crippen molar-refractivity contribution in [2.45, 2.75) is 12.6 Å². The van der Waals surface area contributed by atoms with Crippen LogP contribution in [0.2, 0.25) is 0 Å². The van der Waals surface area contributed by atoms with Crippen LogP contribution in [-0.2, 0) is 0 Å². The molecule has 1 aromatic rings. The lowest BCUT2D eigenvalue weighted by Gasteiger charge is -2.05. The molecule has 76 valence electrons. The van der Waals surface area contributed by atoms with Crippen LogP contribution in [0, 0.1) is 0 Å². The van der Waals surface area contributed by atoms with E-state index in [1.807, 2.05) is 43.5 Å². The quantitative estimate of drug-likeness (QED) is 0.494. The van der Waals surface area contributed by atoms with E-state index >= 15 is 0 Å². The average molecular weight is 191 g/mol. The van der Waals surface area contributed by atoms with Gasteiger partial charge in [-0.3, -0.25) is 0 Å². The van der Waals surface area contributed by atoms with Crippen molar-refractivity contribution in [3.05, 3.63) is 35.9 Å². The molecule has 3 heteroatoms. The van der Waals surface area contributed by atoms with Gasteiger partial charge in [-0.05, 0) is 31.2 Å². The molecule has 1 aromatic carbocycles. The Hall–Kier alpha value is -1.32. The van der Waals surface area contributed by atoms with Gasteiger partial charge in [0.15, 0.2) is 0 Å². The van der Waals surface area contributed by atoms with Gasteiger partial charge >= 0.3 is 0 Å². The molecule has 0 spiro atoms. The van der Waals surface area contributed by atoms with Gasteiger partial charge in [0.1, 0.15) is 0 Å². The van der Waals surface area contributed by atoms with E-state index in [9.17, 15) is 0 Å². The maximum absolute atomic E-state index is 5.68. The van der Waals surface area contributed by atoms with Crippen molar-refractivity contribution in [3.8, 4) is 0 Å². The van der Waals surface area contributed by atoms with E-state index in [1.165, 1.54) is 0 Å². The molecule has 1 rings (SSSR count). The monoisotopic (exact) mass is 191 g/mol. The number of nitrogens with two attached hydrogens (primary N) is 2. The third kappa shape index (κ3) is 3.60. The Labute approximate surface area is 84.8 Å². The molecule has 0 radical (unpaired) electrons. The van der Waals surface area contributed by atoms with Gasteiger partial charge in [-0.1, -0.05) is 24.3 Å². The fourth-order valence-corrected chi connectivity index (χ4v) is 1.13. The van der Waals surface area contributed by atoms with Crippen LogP contribution in [0.4, 0.5) is 5.69 Å². The molecule has 0 aliphatic rings. The number of anilines is 1. The number of hydrogen-bond acceptors (Lipinski definition) is 3. The number of rotatable bonds is 4. The fraction of sp³-hybridized carbons (Fsp3) is 0.273. The summed E-state index contributed by atoms with van der Waals surface area (Å²) in [6.45, 7) is 0. The van der Waals surface area contributed by atoms with Crippen LogP contribution < -0.4 is 16.8 Å². The highest BCUT2D eigenvalue weighted by molar-refractivity contribution is 5.55. The minimum atomic E-state index is 0.0207. The molecule has 0 heterocycles. The van der Waals surface area contributed by atoms with Crippen molar-refractivity contribution in [3.63, 3.8) is 0 Å². The first-order valence-electron chi connectivity index (χ1n) is 4.67. The Kier molecular flexibility index (Phi) is 4.16. The van der Waals surface area contributed by atoms with Crippen molar-refractivity contribution in [2.24, 2.45) is 5.73 Å². The van der Waals surface area contributed by atoms with Crippen molar-refractivity contribution in [1.82, 2.24) is 5.32 Å². The number of hydrogen-bond donors (Lipinski definition) is 3. The number of nitrogens with one attached hydrogen (secondary N) is 1. The highest BCUT2D eigenvalue weighted by Gasteiger charge is 1.92. The van der Waals surface area contributed by atoms with Crippen LogP contribution in [0.3, 0.4) is 0 Å². The summed E-state index contributed by atoms with van der Waals surface area (Å²) in [5, 5.41) is 2.96. The lowest BCUT2D eigenvalue weighted by molar-refractivity contribution is 0.593. The van der Waals surface area contributed by atoms with Gasteiger partial charge in [-0.25, -0.2) is 0 Å². The minimum absolute atomic E-state index is 0.0207. The highest BCUT2D eigenvalue weighted by atomic mass is 15.0. The third-order valence-corrected chi connectivity index (χ3v) is 1.98. The first-order chi connectivity index (χ1) is 6.72. The minimum Gasteiger partial charge on any atom is -0.399 e. The van der Waals surface area contributed by atoms with Gasteiger partial charge in [0, 0.05) is 5.69 Å². The molecule has 14 heavy (non-hydrogen) atoms. The molecule has 0 amide bonds. The van der Waals surface area contributed by atoms with E-state index in [0.717, 1.165) is 17.7 Å². The summed E-state index contributed by atoms with van der Waals surface area (Å²) >= 11 is 0. The second-order valence-electron chi connectivity index (χ2n) is 3.20. The maximum atomic E-state index is 5.68. The van der Waals surface area contributed by atoms with Crippen molar-refractivity contribution in [2.75, 3.05) is 12.8 Å². The van der Waals surface area contributed by atoms with Gasteiger partial charge in [0.05, 0.1) is 6.17 Å². The second-order valence-corrected chi connectivity index (χ2v) is 3.20. The van der Waals surface area contributed by atoms with E-state index in [4.69, 9.17) is 11.5 Å². The van der Waals surface area contributed by atoms with Gasteiger partial charge in [0.2, 0.25) is 0 Å². The van der Waals surface area contributed by atoms with Gasteiger partial charge in [-0.2, -0.15) is 0 Å². The Bertz CT molecular complexity index is 307. The van der Waals surface area contributed by atoms with Crippen LogP contribution in [0.1, 0.15) is 12.0 Å². The summed E-state index contributed by atoms with van der Waals surface area (Å²) in [5.74, 6) is 0. The van der Waals surface area contributed by atoms with Gasteiger partial charge < -0.3 is 16.8 Å². The van der Waals surface area contributed by atoms with Crippen molar-refractivity contribution in [1.29, 1.82) is 0 Å². The van der Waals surface area contributed by atoms with Gasteiger partial charge in [-0.15, -0.1) is 0 Å². The SMILES string of the molecule is CNC(N)CC=Cc1cccc(N)c1. The molecule has 0 aromatic heterocycles. The summed E-state index contributed by atoms with van der Waals surface area (Å²) in [6.07, 6.45) is 4.89. The first-order valence-corrected chi connectivity index (χ1v) is 4.67. The highest BCUT2D eigenvalue weighted by Crippen LogP contribution is 2.08. The van der Waals surface area contributed by atoms with E-state index < -0.39 is 0 Å². The molecular weight excluding hydrogens is 174 g/mol. The zero-order valence-electron chi connectivity index (χ0n) is 8.40. The molecule has 0 saturated carbocycles. The van der Waals surface area contributed by atoms with E-state index in [-0.39, 0.29) is 6.17 Å². The number of benzene rings is 1. The zero-order valence-corrected chi connectivity index (χ0v) is 8.40. The van der Waals surface area contributed by atoms with E-state index in [1.54, 1.807) is 0 Å². The second kappa shape index (κ2) is 5.42.